The highest BCUT2D eigenvalue weighted by molar-refractivity contribution is 6.31. The summed E-state index contributed by atoms with van der Waals surface area (Å²) in [4.78, 5) is 47.7. The number of benzene rings is 3. The number of carbonyl (C=O) groups is 4. The van der Waals surface area contributed by atoms with Crippen LogP contribution in [0.3, 0.4) is 0 Å². The molecule has 0 aliphatic heterocycles. The van der Waals surface area contributed by atoms with Gasteiger partial charge in [0.1, 0.15) is 21.8 Å². The van der Waals surface area contributed by atoms with Crippen molar-refractivity contribution in [2.75, 3.05) is 12.4 Å². The molecular formula is C24H10ClF9N2O7. The molecule has 0 saturated carbocycles. The number of rotatable bonds is 7. The molecule has 0 aliphatic carbocycles. The third-order valence-corrected chi connectivity index (χ3v) is 5.93. The first kappa shape index (κ1) is 32.5. The molecule has 0 aromatic heterocycles. The van der Waals surface area contributed by atoms with Crippen molar-refractivity contribution in [2.24, 2.45) is 0 Å². The molecule has 9 nitrogen and oxygen atoms in total. The average Bonchev–Trinajstić information content (AvgIpc) is 2.95. The topological polar surface area (TPSA) is 142 Å². The van der Waals surface area contributed by atoms with Crippen molar-refractivity contribution < 1.29 is 73.6 Å². The highest BCUT2D eigenvalue weighted by atomic mass is 35.5. The molecule has 3 aromatic carbocycles. The number of aromatic carboxylic acids is 2. The number of halogens is 10. The summed E-state index contributed by atoms with van der Waals surface area (Å²) in [5.74, 6) is -34.8. The molecule has 228 valence electrons. The van der Waals surface area contributed by atoms with E-state index in [0.717, 1.165) is 7.05 Å². The van der Waals surface area contributed by atoms with Crippen LogP contribution in [0.1, 0.15) is 47.0 Å². The van der Waals surface area contributed by atoms with Crippen LogP contribution in [-0.2, 0) is 0 Å². The predicted molar refractivity (Wildman–Crippen MR) is 124 cm³/mol. The molecule has 3 rings (SSSR count). The molecule has 3 aromatic rings. The number of carbonyl (C=O) groups excluding carboxylic acids is 2. The Hall–Kier alpha value is -5.00. The van der Waals surface area contributed by atoms with E-state index in [-0.39, 0.29) is 0 Å². The second-order valence-electron chi connectivity index (χ2n) is 8.04. The van der Waals surface area contributed by atoms with Gasteiger partial charge in [-0.1, -0.05) is 11.6 Å². The van der Waals surface area contributed by atoms with Gasteiger partial charge in [0.25, 0.3) is 11.8 Å². The molecule has 0 saturated heterocycles. The third-order valence-electron chi connectivity index (χ3n) is 5.60. The Kier molecular flexibility index (Phi) is 8.85. The number of carboxylic acids is 2. The molecule has 19 heteroatoms. The zero-order chi connectivity index (χ0) is 32.8. The standard InChI is InChI=1S/C24H10ClF9N2O7/c1-3-9(26)8(25)15(32)18(10(3)27)36-22(38)5-7(24(41)42)12(29)17(34)20(14(5)31)43-19-13(30)4(21(37)35-2)6(23(39)40)11(28)16(19)33/h1-2H3,(H,35,37)(H,36,38)(H,39,40)(H,41,42). The first-order valence-corrected chi connectivity index (χ1v) is 11.2. The number of hydrogen-bond acceptors (Lipinski definition) is 5. The van der Waals surface area contributed by atoms with Crippen molar-refractivity contribution in [3.63, 3.8) is 0 Å². The summed E-state index contributed by atoms with van der Waals surface area (Å²) in [5, 5.41) is 19.9. The first-order valence-electron chi connectivity index (χ1n) is 10.8. The smallest absolute Gasteiger partial charge is 0.339 e. The van der Waals surface area contributed by atoms with Gasteiger partial charge in [-0.3, -0.25) is 9.59 Å². The maximum absolute atomic E-state index is 15.5. The third kappa shape index (κ3) is 5.24. The number of ether oxygens (including phenoxy) is 1. The van der Waals surface area contributed by atoms with Gasteiger partial charge in [-0.05, 0) is 6.92 Å². The van der Waals surface area contributed by atoms with E-state index in [9.17, 15) is 55.0 Å². The molecule has 0 atom stereocenters. The minimum absolute atomic E-state index is 0.698. The minimum atomic E-state index is -2.72. The molecule has 43 heavy (non-hydrogen) atoms. The van der Waals surface area contributed by atoms with Crippen molar-refractivity contribution in [3.8, 4) is 11.5 Å². The normalized spacial score (nSPS) is 10.9. The van der Waals surface area contributed by atoms with E-state index >= 15 is 8.78 Å². The molecule has 2 amide bonds. The zero-order valence-corrected chi connectivity index (χ0v) is 21.5. The van der Waals surface area contributed by atoms with Crippen LogP contribution in [0.2, 0.25) is 5.02 Å². The highest BCUT2D eigenvalue weighted by Crippen LogP contribution is 2.40. The van der Waals surface area contributed by atoms with Crippen LogP contribution in [-0.4, -0.2) is 41.0 Å². The number of amides is 2. The van der Waals surface area contributed by atoms with Gasteiger partial charge in [-0.2, -0.15) is 8.78 Å². The quantitative estimate of drug-likeness (QED) is 0.147. The van der Waals surface area contributed by atoms with Crippen molar-refractivity contribution in [3.05, 3.63) is 85.2 Å². The maximum Gasteiger partial charge on any atom is 0.339 e. The lowest BCUT2D eigenvalue weighted by Gasteiger charge is -2.18. The van der Waals surface area contributed by atoms with E-state index in [1.807, 2.05) is 0 Å². The molecule has 0 radical (unpaired) electrons. The summed E-state index contributed by atoms with van der Waals surface area (Å²) >= 11 is 5.35. The molecule has 4 N–H and O–H groups in total. The summed E-state index contributed by atoms with van der Waals surface area (Å²) in [5.41, 5.74) is -10.6. The van der Waals surface area contributed by atoms with Crippen LogP contribution in [0.4, 0.5) is 45.2 Å². The van der Waals surface area contributed by atoms with Crippen LogP contribution in [0.25, 0.3) is 0 Å². The van der Waals surface area contributed by atoms with Crippen molar-refractivity contribution in [2.45, 2.75) is 6.92 Å². The van der Waals surface area contributed by atoms with Gasteiger partial charge in [0, 0.05) is 12.6 Å². The Morgan fingerprint density at radius 3 is 1.42 bits per heavy atom. The molecule has 0 bridgehead atoms. The average molecular weight is 645 g/mol. The van der Waals surface area contributed by atoms with E-state index in [1.54, 1.807) is 5.32 Å². The van der Waals surface area contributed by atoms with Crippen LogP contribution < -0.4 is 15.4 Å². The lowest BCUT2D eigenvalue weighted by atomic mass is 10.0. The Labute approximate surface area is 236 Å². The SMILES string of the molecule is CNC(=O)c1c(F)c(Oc2c(F)c(F)c(C(=O)O)c(C(=O)Nc3c(F)c(C)c(F)c(Cl)c3F)c2F)c(F)c(F)c1C(=O)O. The molecule has 0 aliphatic rings. The summed E-state index contributed by atoms with van der Waals surface area (Å²) < 4.78 is 136. The van der Waals surface area contributed by atoms with Gasteiger partial charge < -0.3 is 25.6 Å². The van der Waals surface area contributed by atoms with Crippen LogP contribution in [0, 0.1) is 59.3 Å². The fourth-order valence-corrected chi connectivity index (χ4v) is 3.78. The van der Waals surface area contributed by atoms with Gasteiger partial charge in [0.05, 0.1) is 11.1 Å². The fraction of sp³-hybridized carbons (Fsp3) is 0.0833. The Bertz CT molecular complexity index is 1750. The van der Waals surface area contributed by atoms with E-state index in [4.69, 9.17) is 16.7 Å². The van der Waals surface area contributed by atoms with Gasteiger partial charge in [-0.25, -0.2) is 40.3 Å². The lowest BCUT2D eigenvalue weighted by molar-refractivity contribution is 0.0675. The zero-order valence-electron chi connectivity index (χ0n) is 20.7. The van der Waals surface area contributed by atoms with Crippen molar-refractivity contribution >= 4 is 41.0 Å². The summed E-state index contributed by atoms with van der Waals surface area (Å²) in [7, 11) is 0.779. The molecule has 0 spiro atoms. The van der Waals surface area contributed by atoms with Gasteiger partial charge in [0.15, 0.2) is 40.7 Å². The molecular weight excluding hydrogens is 635 g/mol. The predicted octanol–water partition coefficient (Wildman–Crippen LogP) is 5.70. The summed E-state index contributed by atoms with van der Waals surface area (Å²) in [6.45, 7) is 0.698. The number of hydrogen-bond donors (Lipinski definition) is 4. The Balaban J connectivity index is 2.34. The molecule has 0 unspecified atom stereocenters. The number of carboxylic acid groups (broad SMARTS) is 2. The second kappa shape index (κ2) is 11.7. The van der Waals surface area contributed by atoms with Gasteiger partial charge in [-0.15, -0.1) is 0 Å². The van der Waals surface area contributed by atoms with E-state index in [2.05, 4.69) is 4.74 Å². The minimum Gasteiger partial charge on any atom is -0.478 e. The molecule has 0 fully saturated rings. The van der Waals surface area contributed by atoms with Crippen LogP contribution in [0.15, 0.2) is 0 Å². The number of anilines is 1. The van der Waals surface area contributed by atoms with Crippen LogP contribution >= 0.6 is 11.6 Å². The first-order chi connectivity index (χ1) is 19.9. The monoisotopic (exact) mass is 644 g/mol. The summed E-state index contributed by atoms with van der Waals surface area (Å²) in [6, 6.07) is 0. The van der Waals surface area contributed by atoms with Gasteiger partial charge >= 0.3 is 11.9 Å². The van der Waals surface area contributed by atoms with E-state index in [0.29, 0.717) is 6.92 Å². The lowest BCUT2D eigenvalue weighted by Crippen LogP contribution is -2.25. The van der Waals surface area contributed by atoms with E-state index in [1.165, 1.54) is 5.32 Å². The highest BCUT2D eigenvalue weighted by Gasteiger charge is 2.38. The Morgan fingerprint density at radius 1 is 0.605 bits per heavy atom. The van der Waals surface area contributed by atoms with Crippen molar-refractivity contribution in [1.29, 1.82) is 0 Å². The summed E-state index contributed by atoms with van der Waals surface area (Å²) in [6.07, 6.45) is 0. The largest absolute Gasteiger partial charge is 0.478 e. The second-order valence-corrected chi connectivity index (χ2v) is 8.42. The van der Waals surface area contributed by atoms with E-state index < -0.39 is 126 Å². The van der Waals surface area contributed by atoms with Crippen molar-refractivity contribution in [1.82, 2.24) is 5.32 Å². The Morgan fingerprint density at radius 2 is 1.02 bits per heavy atom. The van der Waals surface area contributed by atoms with Gasteiger partial charge in [0.2, 0.25) is 23.1 Å². The maximum atomic E-state index is 15.5. The molecule has 0 heterocycles. The van der Waals surface area contributed by atoms with Crippen LogP contribution in [0.5, 0.6) is 11.5 Å². The number of nitrogens with one attached hydrogen (secondary N) is 2. The fourth-order valence-electron chi connectivity index (χ4n) is 3.55.